The van der Waals surface area contributed by atoms with Gasteiger partial charge in [0.05, 0.1) is 6.10 Å². The van der Waals surface area contributed by atoms with Crippen molar-refractivity contribution in [3.63, 3.8) is 0 Å². The van der Waals surface area contributed by atoms with Crippen LogP contribution in [0.15, 0.2) is 24.3 Å². The normalized spacial score (nSPS) is 15.1. The highest BCUT2D eigenvalue weighted by molar-refractivity contribution is 5.28. The van der Waals surface area contributed by atoms with Crippen LogP contribution in [-0.2, 0) is 0 Å². The van der Waals surface area contributed by atoms with E-state index in [1.54, 1.807) is 6.92 Å². The van der Waals surface area contributed by atoms with Gasteiger partial charge in [0.2, 0.25) is 0 Å². The first kappa shape index (κ1) is 11.2. The van der Waals surface area contributed by atoms with Crippen LogP contribution in [0.25, 0.3) is 0 Å². The van der Waals surface area contributed by atoms with Crippen LogP contribution in [0.1, 0.15) is 31.0 Å². The van der Waals surface area contributed by atoms with E-state index in [-0.39, 0.29) is 6.10 Å². The zero-order chi connectivity index (χ0) is 10.6. The zero-order valence-corrected chi connectivity index (χ0v) is 9.12. The molecule has 0 saturated heterocycles. The van der Waals surface area contributed by atoms with Gasteiger partial charge in [-0.25, -0.2) is 0 Å². The van der Waals surface area contributed by atoms with Gasteiger partial charge in [0.1, 0.15) is 0 Å². The van der Waals surface area contributed by atoms with E-state index in [1.165, 1.54) is 11.1 Å². The Labute approximate surface area is 86.0 Å². The van der Waals surface area contributed by atoms with E-state index in [2.05, 4.69) is 31.3 Å². The van der Waals surface area contributed by atoms with Crippen molar-refractivity contribution in [2.75, 3.05) is 6.54 Å². The number of hydrogen-bond acceptors (Lipinski definition) is 2. The molecule has 1 rings (SSSR count). The highest BCUT2D eigenvalue weighted by atomic mass is 16.3. The molecule has 0 radical (unpaired) electrons. The molecule has 0 fully saturated rings. The van der Waals surface area contributed by atoms with Crippen molar-refractivity contribution in [1.29, 1.82) is 0 Å². The van der Waals surface area contributed by atoms with Gasteiger partial charge in [0.15, 0.2) is 0 Å². The van der Waals surface area contributed by atoms with Crippen molar-refractivity contribution in [1.82, 2.24) is 5.32 Å². The summed E-state index contributed by atoms with van der Waals surface area (Å²) in [5.74, 6) is 0. The van der Waals surface area contributed by atoms with E-state index < -0.39 is 0 Å². The summed E-state index contributed by atoms with van der Waals surface area (Å²) in [5, 5.41) is 12.4. The molecule has 1 unspecified atom stereocenters. The number of benzene rings is 1. The minimum atomic E-state index is -0.290. The van der Waals surface area contributed by atoms with Crippen molar-refractivity contribution in [2.24, 2.45) is 0 Å². The maximum atomic E-state index is 9.15. The topological polar surface area (TPSA) is 32.3 Å². The summed E-state index contributed by atoms with van der Waals surface area (Å²) in [4.78, 5) is 0. The SMILES string of the molecule is Cc1ccccc1[C@H](C)NCC(C)O. The van der Waals surface area contributed by atoms with E-state index in [0.717, 1.165) is 0 Å². The van der Waals surface area contributed by atoms with Crippen LogP contribution < -0.4 is 5.32 Å². The second-order valence-corrected chi connectivity index (χ2v) is 3.84. The molecule has 2 atom stereocenters. The summed E-state index contributed by atoms with van der Waals surface area (Å²) < 4.78 is 0. The number of rotatable bonds is 4. The Kier molecular flexibility index (Phi) is 4.11. The van der Waals surface area contributed by atoms with Crippen LogP contribution in [0.3, 0.4) is 0 Å². The Morgan fingerprint density at radius 2 is 1.93 bits per heavy atom. The predicted molar refractivity (Wildman–Crippen MR) is 59.3 cm³/mol. The molecule has 0 spiro atoms. The van der Waals surface area contributed by atoms with Gasteiger partial charge in [-0.15, -0.1) is 0 Å². The third kappa shape index (κ3) is 3.13. The molecule has 0 aromatic heterocycles. The van der Waals surface area contributed by atoms with E-state index in [1.807, 2.05) is 12.1 Å². The van der Waals surface area contributed by atoms with Gasteiger partial charge in [0, 0.05) is 12.6 Å². The fourth-order valence-electron chi connectivity index (χ4n) is 1.53. The van der Waals surface area contributed by atoms with Crippen LogP contribution in [0.4, 0.5) is 0 Å². The van der Waals surface area contributed by atoms with Crippen LogP contribution in [0, 0.1) is 6.92 Å². The lowest BCUT2D eigenvalue weighted by atomic mass is 10.0. The molecular formula is C12H19NO. The molecule has 1 aromatic carbocycles. The van der Waals surface area contributed by atoms with Gasteiger partial charge in [-0.2, -0.15) is 0 Å². The minimum Gasteiger partial charge on any atom is -0.392 e. The molecule has 0 aliphatic carbocycles. The average Bonchev–Trinajstić information content (AvgIpc) is 2.15. The number of nitrogens with one attached hydrogen (secondary N) is 1. The lowest BCUT2D eigenvalue weighted by Gasteiger charge is -2.17. The van der Waals surface area contributed by atoms with E-state index in [9.17, 15) is 0 Å². The molecule has 0 amide bonds. The summed E-state index contributed by atoms with van der Waals surface area (Å²) in [7, 11) is 0. The Balaban J connectivity index is 2.60. The zero-order valence-electron chi connectivity index (χ0n) is 9.12. The quantitative estimate of drug-likeness (QED) is 0.767. The van der Waals surface area contributed by atoms with Crippen molar-refractivity contribution < 1.29 is 5.11 Å². The van der Waals surface area contributed by atoms with Crippen LogP contribution >= 0.6 is 0 Å². The number of aryl methyl sites for hydroxylation is 1. The molecule has 0 bridgehead atoms. The second kappa shape index (κ2) is 5.13. The van der Waals surface area contributed by atoms with Gasteiger partial charge in [-0.3, -0.25) is 0 Å². The summed E-state index contributed by atoms with van der Waals surface area (Å²) in [6, 6.07) is 8.61. The molecule has 0 saturated carbocycles. The second-order valence-electron chi connectivity index (χ2n) is 3.84. The van der Waals surface area contributed by atoms with E-state index in [0.29, 0.717) is 12.6 Å². The lowest BCUT2D eigenvalue weighted by Crippen LogP contribution is -2.27. The highest BCUT2D eigenvalue weighted by Gasteiger charge is 2.07. The van der Waals surface area contributed by atoms with Crippen molar-refractivity contribution in [3.8, 4) is 0 Å². The summed E-state index contributed by atoms with van der Waals surface area (Å²) >= 11 is 0. The average molecular weight is 193 g/mol. The maximum absolute atomic E-state index is 9.15. The van der Waals surface area contributed by atoms with E-state index in [4.69, 9.17) is 5.11 Å². The molecule has 0 heterocycles. The van der Waals surface area contributed by atoms with Gasteiger partial charge < -0.3 is 10.4 Å². The first-order valence-corrected chi connectivity index (χ1v) is 5.08. The summed E-state index contributed by atoms with van der Waals surface area (Å²) in [6.07, 6.45) is -0.290. The largest absolute Gasteiger partial charge is 0.392 e. The highest BCUT2D eigenvalue weighted by Crippen LogP contribution is 2.16. The third-order valence-electron chi connectivity index (χ3n) is 2.37. The molecule has 2 heteroatoms. The Hall–Kier alpha value is -0.860. The number of aliphatic hydroxyl groups is 1. The predicted octanol–water partition coefficient (Wildman–Crippen LogP) is 2.03. The fraction of sp³-hybridized carbons (Fsp3) is 0.500. The molecular weight excluding hydrogens is 174 g/mol. The Bertz CT molecular complexity index is 283. The first-order valence-electron chi connectivity index (χ1n) is 5.08. The Morgan fingerprint density at radius 3 is 2.50 bits per heavy atom. The minimum absolute atomic E-state index is 0.290. The lowest BCUT2D eigenvalue weighted by molar-refractivity contribution is 0.187. The van der Waals surface area contributed by atoms with Crippen LogP contribution in [0.5, 0.6) is 0 Å². The van der Waals surface area contributed by atoms with Gasteiger partial charge in [0.25, 0.3) is 0 Å². The van der Waals surface area contributed by atoms with Crippen LogP contribution in [-0.4, -0.2) is 17.8 Å². The third-order valence-corrected chi connectivity index (χ3v) is 2.37. The van der Waals surface area contributed by atoms with Gasteiger partial charge in [-0.1, -0.05) is 24.3 Å². The summed E-state index contributed by atoms with van der Waals surface area (Å²) in [6.45, 7) is 6.65. The first-order chi connectivity index (χ1) is 6.61. The standard InChI is InChI=1S/C12H19NO/c1-9-6-4-5-7-12(9)11(3)13-8-10(2)14/h4-7,10-11,13-14H,8H2,1-3H3/t10?,11-/m0/s1. The van der Waals surface area contributed by atoms with E-state index >= 15 is 0 Å². The fourth-order valence-corrected chi connectivity index (χ4v) is 1.53. The molecule has 1 aromatic rings. The molecule has 14 heavy (non-hydrogen) atoms. The monoisotopic (exact) mass is 193 g/mol. The summed E-state index contributed by atoms with van der Waals surface area (Å²) in [5.41, 5.74) is 2.59. The van der Waals surface area contributed by atoms with Crippen molar-refractivity contribution in [2.45, 2.75) is 32.9 Å². The molecule has 2 N–H and O–H groups in total. The van der Waals surface area contributed by atoms with Gasteiger partial charge >= 0.3 is 0 Å². The van der Waals surface area contributed by atoms with Crippen molar-refractivity contribution in [3.05, 3.63) is 35.4 Å². The number of aliphatic hydroxyl groups excluding tert-OH is 1. The molecule has 0 aliphatic rings. The molecule has 2 nitrogen and oxygen atoms in total. The van der Waals surface area contributed by atoms with Crippen molar-refractivity contribution >= 4 is 0 Å². The Morgan fingerprint density at radius 1 is 1.29 bits per heavy atom. The number of hydrogen-bond donors (Lipinski definition) is 2. The molecule has 78 valence electrons. The maximum Gasteiger partial charge on any atom is 0.0636 e. The molecule has 0 aliphatic heterocycles. The smallest absolute Gasteiger partial charge is 0.0636 e. The van der Waals surface area contributed by atoms with Crippen LogP contribution in [0.2, 0.25) is 0 Å². The van der Waals surface area contributed by atoms with Gasteiger partial charge in [-0.05, 0) is 31.9 Å².